The van der Waals surface area contributed by atoms with Crippen molar-refractivity contribution in [2.45, 2.75) is 6.42 Å². The average Bonchev–Trinajstić information content (AvgIpc) is 2.75. The Morgan fingerprint density at radius 2 is 2.47 bits per heavy atom. The first-order chi connectivity index (χ1) is 7.16. The molecule has 0 N–H and O–H groups in total. The Balaban J connectivity index is 2.14. The second-order valence-corrected chi connectivity index (χ2v) is 4.54. The highest BCUT2D eigenvalue weighted by atomic mass is 35.5. The molecule has 0 aliphatic rings. The number of rotatable bonds is 3. The summed E-state index contributed by atoms with van der Waals surface area (Å²) in [6, 6.07) is 1.74. The van der Waals surface area contributed by atoms with Crippen molar-refractivity contribution in [3.8, 4) is 0 Å². The number of Topliss-reactive ketones (excluding diaryl/α,β-unsaturated/α-hetero) is 1. The Morgan fingerprint density at radius 3 is 3.00 bits per heavy atom. The van der Waals surface area contributed by atoms with E-state index in [-0.39, 0.29) is 5.78 Å². The van der Waals surface area contributed by atoms with Gasteiger partial charge in [0, 0.05) is 19.7 Å². The molecule has 3 nitrogen and oxygen atoms in total. The van der Waals surface area contributed by atoms with Crippen LogP contribution in [0.4, 0.5) is 0 Å². The minimum Gasteiger partial charge on any atom is -0.293 e. The number of aromatic nitrogens is 2. The fraction of sp³-hybridized carbons (Fsp3) is 0.200. The minimum absolute atomic E-state index is 0.0444. The molecule has 0 aliphatic carbocycles. The number of hydrogen-bond donors (Lipinski definition) is 0. The van der Waals surface area contributed by atoms with E-state index in [1.54, 1.807) is 16.9 Å². The maximum absolute atomic E-state index is 11.8. The standard InChI is InChI=1S/C10H9ClN2OS/c1-13-6-7(5-12-13)4-9(14)10-8(11)2-3-15-10/h2-3,5-6H,4H2,1H3. The smallest absolute Gasteiger partial charge is 0.178 e. The first kappa shape index (κ1) is 10.4. The lowest BCUT2D eigenvalue weighted by Gasteiger charge is -1.95. The van der Waals surface area contributed by atoms with Gasteiger partial charge in [-0.2, -0.15) is 5.10 Å². The largest absolute Gasteiger partial charge is 0.293 e. The van der Waals surface area contributed by atoms with Crippen LogP contribution >= 0.6 is 22.9 Å². The summed E-state index contributed by atoms with van der Waals surface area (Å²) in [4.78, 5) is 12.4. The molecule has 0 spiro atoms. The van der Waals surface area contributed by atoms with Gasteiger partial charge in [-0.15, -0.1) is 11.3 Å². The molecule has 0 aromatic carbocycles. The van der Waals surface area contributed by atoms with Crippen LogP contribution in [0.1, 0.15) is 15.2 Å². The van der Waals surface area contributed by atoms with Crippen molar-refractivity contribution in [3.63, 3.8) is 0 Å². The predicted molar refractivity (Wildman–Crippen MR) is 60.6 cm³/mol. The van der Waals surface area contributed by atoms with Crippen LogP contribution in [0.15, 0.2) is 23.8 Å². The highest BCUT2D eigenvalue weighted by Crippen LogP contribution is 2.23. The molecule has 2 aromatic rings. The Hall–Kier alpha value is -1.13. The third-order valence-corrected chi connectivity index (χ3v) is 3.38. The van der Waals surface area contributed by atoms with Crippen LogP contribution in [0, 0.1) is 0 Å². The summed E-state index contributed by atoms with van der Waals surface area (Å²) in [5.74, 6) is 0.0444. The summed E-state index contributed by atoms with van der Waals surface area (Å²) in [6.45, 7) is 0. The molecule has 0 fully saturated rings. The highest BCUT2D eigenvalue weighted by Gasteiger charge is 2.13. The van der Waals surface area contributed by atoms with Crippen molar-refractivity contribution in [2.75, 3.05) is 0 Å². The molecule has 2 heterocycles. The van der Waals surface area contributed by atoms with Crippen molar-refractivity contribution < 1.29 is 4.79 Å². The maximum atomic E-state index is 11.8. The summed E-state index contributed by atoms with van der Waals surface area (Å²) in [7, 11) is 1.83. The van der Waals surface area contributed by atoms with Crippen LogP contribution in [0.25, 0.3) is 0 Å². The van der Waals surface area contributed by atoms with Crippen LogP contribution in [0.2, 0.25) is 5.02 Å². The molecular weight excluding hydrogens is 232 g/mol. The summed E-state index contributed by atoms with van der Waals surface area (Å²) >= 11 is 7.25. The van der Waals surface area contributed by atoms with Crippen LogP contribution < -0.4 is 0 Å². The molecule has 0 atom stereocenters. The number of carbonyl (C=O) groups excluding carboxylic acids is 1. The lowest BCUT2D eigenvalue weighted by atomic mass is 10.1. The third kappa shape index (κ3) is 2.27. The van der Waals surface area contributed by atoms with E-state index in [0.29, 0.717) is 16.3 Å². The lowest BCUT2D eigenvalue weighted by molar-refractivity contribution is 0.0997. The SMILES string of the molecule is Cn1cc(CC(=O)c2sccc2Cl)cn1. The number of ketones is 1. The molecule has 2 rings (SSSR count). The third-order valence-electron chi connectivity index (χ3n) is 1.99. The monoisotopic (exact) mass is 240 g/mol. The van der Waals surface area contributed by atoms with Gasteiger partial charge in [-0.3, -0.25) is 9.48 Å². The normalized spacial score (nSPS) is 10.5. The zero-order valence-electron chi connectivity index (χ0n) is 8.11. The molecule has 0 aliphatic heterocycles. The van der Waals surface area contributed by atoms with Gasteiger partial charge in [-0.25, -0.2) is 0 Å². The number of nitrogens with zero attached hydrogens (tertiary/aromatic N) is 2. The van der Waals surface area contributed by atoms with Crippen molar-refractivity contribution in [1.82, 2.24) is 9.78 Å². The molecular formula is C10H9ClN2OS. The highest BCUT2D eigenvalue weighted by molar-refractivity contribution is 7.12. The van der Waals surface area contributed by atoms with E-state index in [1.165, 1.54) is 11.3 Å². The van der Waals surface area contributed by atoms with Crippen molar-refractivity contribution in [3.05, 3.63) is 39.3 Å². The van der Waals surface area contributed by atoms with Crippen molar-refractivity contribution in [2.24, 2.45) is 7.05 Å². The van der Waals surface area contributed by atoms with Gasteiger partial charge in [-0.1, -0.05) is 11.6 Å². The molecule has 0 amide bonds. The number of thiophene rings is 1. The summed E-state index contributed by atoms with van der Waals surface area (Å²) < 4.78 is 1.68. The summed E-state index contributed by atoms with van der Waals surface area (Å²) in [5.41, 5.74) is 0.909. The van der Waals surface area contributed by atoms with Gasteiger partial charge in [0.2, 0.25) is 0 Å². The molecule has 78 valence electrons. The average molecular weight is 241 g/mol. The Morgan fingerprint density at radius 1 is 1.67 bits per heavy atom. The molecule has 5 heteroatoms. The zero-order chi connectivity index (χ0) is 10.8. The van der Waals surface area contributed by atoms with Gasteiger partial charge in [0.15, 0.2) is 5.78 Å². The van der Waals surface area contributed by atoms with E-state index in [2.05, 4.69) is 5.10 Å². The van der Waals surface area contributed by atoms with Crippen LogP contribution in [-0.2, 0) is 13.5 Å². The second-order valence-electron chi connectivity index (χ2n) is 3.22. The van der Waals surface area contributed by atoms with Gasteiger partial charge in [-0.05, 0) is 17.0 Å². The fourth-order valence-corrected chi connectivity index (χ4v) is 2.42. The molecule has 15 heavy (non-hydrogen) atoms. The maximum Gasteiger partial charge on any atom is 0.178 e. The number of halogens is 1. The summed E-state index contributed by atoms with van der Waals surface area (Å²) in [6.07, 6.45) is 3.88. The van der Waals surface area contributed by atoms with E-state index in [4.69, 9.17) is 11.6 Å². The minimum atomic E-state index is 0.0444. The van der Waals surface area contributed by atoms with E-state index in [9.17, 15) is 4.79 Å². The number of hydrogen-bond acceptors (Lipinski definition) is 3. The number of aryl methyl sites for hydroxylation is 1. The molecule has 0 radical (unpaired) electrons. The van der Waals surface area contributed by atoms with Gasteiger partial charge in [0.25, 0.3) is 0 Å². The molecule has 2 aromatic heterocycles. The van der Waals surface area contributed by atoms with E-state index < -0.39 is 0 Å². The van der Waals surface area contributed by atoms with Crippen LogP contribution in [-0.4, -0.2) is 15.6 Å². The first-order valence-electron chi connectivity index (χ1n) is 4.40. The second kappa shape index (κ2) is 4.16. The van der Waals surface area contributed by atoms with Gasteiger partial charge in [0.05, 0.1) is 16.1 Å². The van der Waals surface area contributed by atoms with Crippen LogP contribution in [0.5, 0.6) is 0 Å². The Bertz CT molecular complexity index is 489. The van der Waals surface area contributed by atoms with Gasteiger partial charge >= 0.3 is 0 Å². The molecule has 0 saturated carbocycles. The quantitative estimate of drug-likeness (QED) is 0.773. The predicted octanol–water partition coefficient (Wildman–Crippen LogP) is 2.56. The first-order valence-corrected chi connectivity index (χ1v) is 5.66. The molecule has 0 saturated heterocycles. The lowest BCUT2D eigenvalue weighted by Crippen LogP contribution is -2.00. The zero-order valence-corrected chi connectivity index (χ0v) is 9.68. The van der Waals surface area contributed by atoms with E-state index >= 15 is 0 Å². The molecule has 0 unspecified atom stereocenters. The summed E-state index contributed by atoms with van der Waals surface area (Å²) in [5, 5.41) is 6.36. The van der Waals surface area contributed by atoms with Crippen molar-refractivity contribution >= 4 is 28.7 Å². The Labute approximate surface area is 96.3 Å². The van der Waals surface area contributed by atoms with Gasteiger partial charge in [0.1, 0.15) is 0 Å². The van der Waals surface area contributed by atoms with E-state index in [1.807, 2.05) is 18.6 Å². The fourth-order valence-electron chi connectivity index (χ4n) is 1.32. The van der Waals surface area contributed by atoms with E-state index in [0.717, 1.165) is 5.56 Å². The number of carbonyl (C=O) groups is 1. The Kier molecular flexibility index (Phi) is 2.88. The van der Waals surface area contributed by atoms with Gasteiger partial charge < -0.3 is 0 Å². The topological polar surface area (TPSA) is 34.9 Å². The van der Waals surface area contributed by atoms with Crippen LogP contribution in [0.3, 0.4) is 0 Å². The van der Waals surface area contributed by atoms with Crippen molar-refractivity contribution in [1.29, 1.82) is 0 Å². The molecule has 0 bridgehead atoms.